The predicted octanol–water partition coefficient (Wildman–Crippen LogP) is 3.30. The molecule has 1 saturated heterocycles. The highest BCUT2D eigenvalue weighted by atomic mass is 127. The molecule has 1 unspecified atom stereocenters. The molecule has 2 aromatic rings. The van der Waals surface area contributed by atoms with Crippen molar-refractivity contribution >= 4 is 41.0 Å². The van der Waals surface area contributed by atoms with Gasteiger partial charge in [-0.1, -0.05) is 12.1 Å². The third-order valence-electron chi connectivity index (χ3n) is 5.35. The van der Waals surface area contributed by atoms with Crippen LogP contribution in [0.3, 0.4) is 0 Å². The summed E-state index contributed by atoms with van der Waals surface area (Å²) in [7, 11) is 1.70. The van der Waals surface area contributed by atoms with Crippen molar-refractivity contribution in [2.45, 2.75) is 33.2 Å². The first kappa shape index (κ1) is 24.9. The number of ether oxygens (including phenoxy) is 2. The van der Waals surface area contributed by atoms with Crippen LogP contribution in [0.5, 0.6) is 0 Å². The lowest BCUT2D eigenvalue weighted by atomic mass is 10.1. The van der Waals surface area contributed by atoms with E-state index in [-0.39, 0.29) is 24.0 Å². The Bertz CT molecular complexity index is 795. The van der Waals surface area contributed by atoms with Gasteiger partial charge in [-0.2, -0.15) is 0 Å². The number of halogens is 1. The molecule has 0 amide bonds. The molecule has 0 saturated carbocycles. The van der Waals surface area contributed by atoms with Crippen molar-refractivity contribution in [2.75, 3.05) is 53.1 Å². The Morgan fingerprint density at radius 3 is 2.93 bits per heavy atom. The van der Waals surface area contributed by atoms with Gasteiger partial charge in [0.2, 0.25) is 0 Å². The van der Waals surface area contributed by atoms with Crippen molar-refractivity contribution in [3.05, 3.63) is 30.1 Å². The molecule has 0 spiro atoms. The molecule has 2 heterocycles. The van der Waals surface area contributed by atoms with Gasteiger partial charge in [-0.3, -0.25) is 4.99 Å². The highest BCUT2D eigenvalue weighted by Crippen LogP contribution is 2.17. The number of aliphatic imine (C=N–C) groups is 1. The summed E-state index contributed by atoms with van der Waals surface area (Å²) >= 11 is 0. The van der Waals surface area contributed by atoms with Crippen LogP contribution in [0.4, 0.5) is 0 Å². The number of nitrogens with one attached hydrogen (secondary N) is 1. The van der Waals surface area contributed by atoms with Crippen molar-refractivity contribution < 1.29 is 9.47 Å². The van der Waals surface area contributed by atoms with E-state index in [4.69, 9.17) is 14.5 Å². The van der Waals surface area contributed by atoms with E-state index < -0.39 is 0 Å². The predicted molar refractivity (Wildman–Crippen MR) is 133 cm³/mol. The van der Waals surface area contributed by atoms with E-state index in [0.29, 0.717) is 19.1 Å². The van der Waals surface area contributed by atoms with E-state index in [1.807, 2.05) is 6.07 Å². The molecule has 1 atom stereocenters. The number of para-hydroxylation sites is 2. The first-order chi connectivity index (χ1) is 14.2. The van der Waals surface area contributed by atoms with Gasteiger partial charge < -0.3 is 24.3 Å². The van der Waals surface area contributed by atoms with Crippen molar-refractivity contribution in [1.82, 2.24) is 19.8 Å². The van der Waals surface area contributed by atoms with Gasteiger partial charge >= 0.3 is 0 Å². The number of hydrogen-bond acceptors (Lipinski definition) is 4. The summed E-state index contributed by atoms with van der Waals surface area (Å²) in [6.07, 6.45) is 2.14. The van der Waals surface area contributed by atoms with E-state index in [0.717, 1.165) is 69.5 Å². The lowest BCUT2D eigenvalue weighted by Gasteiger charge is -2.21. The summed E-state index contributed by atoms with van der Waals surface area (Å²) in [4.78, 5) is 11.9. The first-order valence-corrected chi connectivity index (χ1v) is 10.7. The number of methoxy groups -OCH3 is 1. The quantitative estimate of drug-likeness (QED) is 0.222. The molecule has 1 fully saturated rings. The first-order valence-electron chi connectivity index (χ1n) is 10.7. The molecule has 0 aliphatic carbocycles. The minimum Gasteiger partial charge on any atom is -0.382 e. The number of imidazole rings is 1. The van der Waals surface area contributed by atoms with Crippen LogP contribution >= 0.6 is 24.0 Å². The maximum absolute atomic E-state index is 5.71. The molecule has 30 heavy (non-hydrogen) atoms. The van der Waals surface area contributed by atoms with Crippen molar-refractivity contribution in [3.63, 3.8) is 0 Å². The topological polar surface area (TPSA) is 63.9 Å². The smallest absolute Gasteiger partial charge is 0.193 e. The Labute approximate surface area is 197 Å². The average Bonchev–Trinajstić information content (AvgIpc) is 3.32. The van der Waals surface area contributed by atoms with Crippen LogP contribution in [0.25, 0.3) is 11.0 Å². The maximum atomic E-state index is 5.71. The largest absolute Gasteiger partial charge is 0.382 e. The van der Waals surface area contributed by atoms with Crippen molar-refractivity contribution in [2.24, 2.45) is 10.9 Å². The second kappa shape index (κ2) is 13.1. The molecule has 1 N–H and O–H groups in total. The molecule has 7 nitrogen and oxygen atoms in total. The Hall–Kier alpha value is -1.39. The minimum absolute atomic E-state index is 0. The summed E-state index contributed by atoms with van der Waals surface area (Å²) in [5.41, 5.74) is 2.27. The number of likely N-dealkylation sites (tertiary alicyclic amines) is 1. The van der Waals surface area contributed by atoms with Crippen LogP contribution in [-0.4, -0.2) is 73.5 Å². The maximum Gasteiger partial charge on any atom is 0.193 e. The zero-order chi connectivity index (χ0) is 20.5. The zero-order valence-corrected chi connectivity index (χ0v) is 20.8. The van der Waals surface area contributed by atoms with Crippen LogP contribution in [0.1, 0.15) is 25.6 Å². The van der Waals surface area contributed by atoms with E-state index in [1.54, 1.807) is 7.11 Å². The Morgan fingerprint density at radius 2 is 2.13 bits per heavy atom. The monoisotopic (exact) mass is 529 g/mol. The molecule has 3 rings (SSSR count). The summed E-state index contributed by atoms with van der Waals surface area (Å²) in [5.74, 6) is 2.66. The van der Waals surface area contributed by atoms with Crippen LogP contribution < -0.4 is 5.32 Å². The number of guanidine groups is 1. The number of fused-ring (bicyclic) bond motifs is 1. The standard InChI is InChI=1S/C22H35N5O2.HI/c1-4-23-22(26-13-10-19(16-26)17-29-15-14-28-3)24-11-7-12-27-18(2)25-20-8-5-6-9-21(20)27;/h5-6,8-9,19H,4,7,10-17H2,1-3H3,(H,23,24);1H. The summed E-state index contributed by atoms with van der Waals surface area (Å²) in [6, 6.07) is 8.33. The second-order valence-corrected chi connectivity index (χ2v) is 7.56. The molecule has 1 aromatic carbocycles. The molecule has 1 aliphatic rings. The third kappa shape index (κ3) is 6.81. The molecule has 1 aromatic heterocycles. The number of rotatable bonds is 10. The molecule has 8 heteroatoms. The Kier molecular flexibility index (Phi) is 10.9. The van der Waals surface area contributed by atoms with Gasteiger partial charge in [0.15, 0.2) is 5.96 Å². The number of hydrogen-bond donors (Lipinski definition) is 1. The van der Waals surface area contributed by atoms with Gasteiger partial charge in [0.05, 0.1) is 30.9 Å². The number of nitrogens with zero attached hydrogens (tertiary/aromatic N) is 4. The number of aryl methyl sites for hydroxylation is 2. The minimum atomic E-state index is 0. The molecular formula is C22H36IN5O2. The SMILES string of the molecule is CCNC(=NCCCn1c(C)nc2ccccc21)N1CCC(COCCOC)C1.I. The fourth-order valence-corrected chi connectivity index (χ4v) is 3.87. The van der Waals surface area contributed by atoms with Crippen molar-refractivity contribution in [3.8, 4) is 0 Å². The van der Waals surface area contributed by atoms with Gasteiger partial charge in [-0.25, -0.2) is 4.98 Å². The van der Waals surface area contributed by atoms with Crippen LogP contribution in [0, 0.1) is 12.8 Å². The third-order valence-corrected chi connectivity index (χ3v) is 5.35. The van der Waals surface area contributed by atoms with Gasteiger partial charge in [-0.15, -0.1) is 24.0 Å². The molecule has 0 bridgehead atoms. The Balaban J connectivity index is 0.00000320. The van der Waals surface area contributed by atoms with E-state index >= 15 is 0 Å². The lowest BCUT2D eigenvalue weighted by molar-refractivity contribution is 0.0536. The lowest BCUT2D eigenvalue weighted by Crippen LogP contribution is -2.40. The summed E-state index contributed by atoms with van der Waals surface area (Å²) in [6.45, 7) is 11.0. The van der Waals surface area contributed by atoms with E-state index in [2.05, 4.69) is 51.8 Å². The molecule has 0 radical (unpaired) electrons. The highest BCUT2D eigenvalue weighted by Gasteiger charge is 2.24. The van der Waals surface area contributed by atoms with Crippen LogP contribution in [0.2, 0.25) is 0 Å². The number of aromatic nitrogens is 2. The van der Waals surface area contributed by atoms with Crippen molar-refractivity contribution in [1.29, 1.82) is 0 Å². The van der Waals surface area contributed by atoms with Gasteiger partial charge in [-0.05, 0) is 38.8 Å². The average molecular weight is 529 g/mol. The Morgan fingerprint density at radius 1 is 1.30 bits per heavy atom. The van der Waals surface area contributed by atoms with E-state index in [1.165, 1.54) is 5.52 Å². The highest BCUT2D eigenvalue weighted by molar-refractivity contribution is 14.0. The normalized spacial score (nSPS) is 16.8. The summed E-state index contributed by atoms with van der Waals surface area (Å²) < 4.78 is 13.0. The van der Waals surface area contributed by atoms with Crippen LogP contribution in [-0.2, 0) is 16.0 Å². The molecular weight excluding hydrogens is 493 g/mol. The molecule has 1 aliphatic heterocycles. The number of benzene rings is 1. The fraction of sp³-hybridized carbons (Fsp3) is 0.636. The zero-order valence-electron chi connectivity index (χ0n) is 18.5. The summed E-state index contributed by atoms with van der Waals surface area (Å²) in [5, 5.41) is 3.45. The van der Waals surface area contributed by atoms with Gasteiger partial charge in [0.1, 0.15) is 5.82 Å². The molecule has 168 valence electrons. The van der Waals surface area contributed by atoms with Gasteiger partial charge in [0.25, 0.3) is 0 Å². The van der Waals surface area contributed by atoms with E-state index in [9.17, 15) is 0 Å². The van der Waals surface area contributed by atoms with Gasteiger partial charge in [0, 0.05) is 45.8 Å². The second-order valence-electron chi connectivity index (χ2n) is 7.56. The fourth-order valence-electron chi connectivity index (χ4n) is 3.87. The van der Waals surface area contributed by atoms with Crippen LogP contribution in [0.15, 0.2) is 29.3 Å².